The molecule has 0 bridgehead atoms. The van der Waals surface area contributed by atoms with Crippen LogP contribution in [0, 0.1) is 12.1 Å². The minimum absolute atomic E-state index is 0. The summed E-state index contributed by atoms with van der Waals surface area (Å²) >= 11 is 0. The van der Waals surface area contributed by atoms with Gasteiger partial charge in [-0.15, -0.1) is 37.4 Å². The number of hydrogen-bond donors (Lipinski definition) is 0. The zero-order chi connectivity index (χ0) is 10.9. The van der Waals surface area contributed by atoms with Crippen LogP contribution in [-0.2, 0) is 0 Å². The minimum Gasteiger partial charge on any atom is -0.509 e. The normalized spacial score (nSPS) is 8.00. The van der Waals surface area contributed by atoms with E-state index in [1.165, 1.54) is 0 Å². The average Bonchev–Trinajstić information content (AvgIpc) is 2.34. The second kappa shape index (κ2) is 9.81. The van der Waals surface area contributed by atoms with Gasteiger partial charge in [-0.05, 0) is 0 Å². The summed E-state index contributed by atoms with van der Waals surface area (Å²) in [6.07, 6.45) is 0. The van der Waals surface area contributed by atoms with Gasteiger partial charge in [-0.2, -0.15) is 36.4 Å². The maximum atomic E-state index is 5.47. The molecule has 0 aliphatic heterocycles. The molecule has 0 amide bonds. The molecule has 0 unspecified atom stereocenters. The van der Waals surface area contributed by atoms with Crippen molar-refractivity contribution in [1.29, 1.82) is 0 Å². The Labute approximate surface area is 140 Å². The van der Waals surface area contributed by atoms with Crippen molar-refractivity contribution in [2.45, 2.75) is 0 Å². The summed E-state index contributed by atoms with van der Waals surface area (Å²) in [5.74, 6) is 1.43. The fourth-order valence-electron chi connectivity index (χ4n) is 0.999. The van der Waals surface area contributed by atoms with Crippen molar-refractivity contribution in [3.05, 3.63) is 73.8 Å². The Morgan fingerprint density at radius 2 is 1.25 bits per heavy atom. The van der Waals surface area contributed by atoms with E-state index in [1.807, 2.05) is 48.5 Å². The van der Waals surface area contributed by atoms with Crippen molar-refractivity contribution < 1.29 is 56.1 Å². The Morgan fingerprint density at radius 1 is 0.812 bits per heavy atom. The van der Waals surface area contributed by atoms with Crippen molar-refractivity contribution in [2.75, 3.05) is 0 Å². The Bertz CT molecular complexity index is 335. The smallest absolute Gasteiger partial charge is 0.509 e. The summed E-state index contributed by atoms with van der Waals surface area (Å²) in [5, 5.41) is 0. The first-order valence-electron chi connectivity index (χ1n) is 4.56. The molecule has 76 valence electrons. The Kier molecular flexibility index (Phi) is 9.58. The molecule has 0 N–H and O–H groups in total. The van der Waals surface area contributed by atoms with Gasteiger partial charge in [-0.3, -0.25) is 0 Å². The Balaban J connectivity index is 0.000000711. The standard InChI is InChI=1S/C12H8O.C2H4.K/c1-3-7-11(8-4-1)13-12-9-5-2-6-10-12;1-2;/h1-7,9H;1-2H2;/q-2;;+1. The summed E-state index contributed by atoms with van der Waals surface area (Å²) in [6.45, 7) is 6.00. The van der Waals surface area contributed by atoms with Gasteiger partial charge in [0, 0.05) is 11.5 Å². The molecule has 16 heavy (non-hydrogen) atoms. The largest absolute Gasteiger partial charge is 1.00 e. The van der Waals surface area contributed by atoms with E-state index in [0.717, 1.165) is 0 Å². The van der Waals surface area contributed by atoms with E-state index in [-0.39, 0.29) is 51.4 Å². The zero-order valence-corrected chi connectivity index (χ0v) is 12.6. The number of rotatable bonds is 2. The SMILES string of the molecule is C=C.[K+].[c-]1ccccc1Oc1[c-]cccc1. The third-order valence-corrected chi connectivity index (χ3v) is 1.58. The van der Waals surface area contributed by atoms with Crippen LogP contribution in [0.5, 0.6) is 11.5 Å². The molecule has 0 saturated carbocycles. The fraction of sp³-hybridized carbons (Fsp3) is 0. The number of benzene rings is 2. The minimum atomic E-state index is 0. The van der Waals surface area contributed by atoms with Crippen LogP contribution in [0.15, 0.2) is 61.7 Å². The summed E-state index contributed by atoms with van der Waals surface area (Å²) in [4.78, 5) is 0. The summed E-state index contributed by atoms with van der Waals surface area (Å²) < 4.78 is 5.47. The molecule has 0 aliphatic carbocycles. The molecule has 0 fully saturated rings. The molecule has 0 heterocycles. The molecule has 0 aliphatic rings. The van der Waals surface area contributed by atoms with Gasteiger partial charge in [0.05, 0.1) is 0 Å². The molecule has 2 aromatic rings. The maximum absolute atomic E-state index is 5.47. The molecule has 0 saturated heterocycles. The van der Waals surface area contributed by atoms with Gasteiger partial charge >= 0.3 is 51.4 Å². The van der Waals surface area contributed by atoms with E-state index in [2.05, 4.69) is 25.3 Å². The molecule has 2 aromatic carbocycles. The Hall–Kier alpha value is -0.384. The second-order valence-electron chi connectivity index (χ2n) is 2.56. The number of para-hydroxylation sites is 2. The number of hydrogen-bond acceptors (Lipinski definition) is 1. The zero-order valence-electron chi connectivity index (χ0n) is 9.44. The molecule has 0 aromatic heterocycles. The van der Waals surface area contributed by atoms with Crippen LogP contribution in [-0.4, -0.2) is 0 Å². The van der Waals surface area contributed by atoms with Gasteiger partial charge < -0.3 is 4.74 Å². The van der Waals surface area contributed by atoms with Gasteiger partial charge in [0.2, 0.25) is 0 Å². The van der Waals surface area contributed by atoms with E-state index in [0.29, 0.717) is 11.5 Å². The molecule has 0 radical (unpaired) electrons. The average molecular weight is 235 g/mol. The van der Waals surface area contributed by atoms with Crippen LogP contribution in [0.1, 0.15) is 0 Å². The van der Waals surface area contributed by atoms with Crippen molar-refractivity contribution in [2.24, 2.45) is 0 Å². The predicted molar refractivity (Wildman–Crippen MR) is 61.9 cm³/mol. The first kappa shape index (κ1) is 15.6. The summed E-state index contributed by atoms with van der Waals surface area (Å²) in [5.41, 5.74) is 0. The molecule has 1 nitrogen and oxygen atoms in total. The molecular formula is C14H12KO-. The van der Waals surface area contributed by atoms with E-state index < -0.39 is 0 Å². The third-order valence-electron chi connectivity index (χ3n) is 1.58. The van der Waals surface area contributed by atoms with Gasteiger partial charge in [-0.1, -0.05) is 0 Å². The van der Waals surface area contributed by atoms with Crippen LogP contribution < -0.4 is 56.1 Å². The maximum Gasteiger partial charge on any atom is 1.00 e. The van der Waals surface area contributed by atoms with E-state index in [9.17, 15) is 0 Å². The fourth-order valence-corrected chi connectivity index (χ4v) is 0.999. The van der Waals surface area contributed by atoms with Crippen LogP contribution >= 0.6 is 0 Å². The topological polar surface area (TPSA) is 9.23 Å². The van der Waals surface area contributed by atoms with Gasteiger partial charge in [0.25, 0.3) is 0 Å². The first-order chi connectivity index (χ1) is 7.45. The van der Waals surface area contributed by atoms with Crippen LogP contribution in [0.2, 0.25) is 0 Å². The van der Waals surface area contributed by atoms with Crippen molar-refractivity contribution in [3.63, 3.8) is 0 Å². The van der Waals surface area contributed by atoms with E-state index >= 15 is 0 Å². The van der Waals surface area contributed by atoms with Crippen LogP contribution in [0.3, 0.4) is 0 Å². The van der Waals surface area contributed by atoms with Crippen molar-refractivity contribution in [1.82, 2.24) is 0 Å². The predicted octanol–water partition coefficient (Wildman–Crippen LogP) is 0.885. The molecule has 2 rings (SSSR count). The summed E-state index contributed by atoms with van der Waals surface area (Å²) in [6, 6.07) is 20.9. The first-order valence-corrected chi connectivity index (χ1v) is 4.56. The third kappa shape index (κ3) is 5.63. The van der Waals surface area contributed by atoms with Crippen molar-refractivity contribution >= 4 is 0 Å². The van der Waals surface area contributed by atoms with E-state index in [4.69, 9.17) is 4.74 Å². The quantitative estimate of drug-likeness (QED) is 0.427. The van der Waals surface area contributed by atoms with Crippen LogP contribution in [0.25, 0.3) is 0 Å². The van der Waals surface area contributed by atoms with Crippen LogP contribution in [0.4, 0.5) is 0 Å². The molecular weight excluding hydrogens is 223 g/mol. The van der Waals surface area contributed by atoms with Crippen molar-refractivity contribution in [3.8, 4) is 11.5 Å². The van der Waals surface area contributed by atoms with E-state index in [1.54, 1.807) is 0 Å². The Morgan fingerprint density at radius 3 is 1.56 bits per heavy atom. The molecule has 2 heteroatoms. The van der Waals surface area contributed by atoms with Gasteiger partial charge in [-0.25, -0.2) is 0 Å². The summed E-state index contributed by atoms with van der Waals surface area (Å²) in [7, 11) is 0. The second-order valence-corrected chi connectivity index (χ2v) is 2.56. The van der Waals surface area contributed by atoms with Gasteiger partial charge in [0.1, 0.15) is 0 Å². The number of ether oxygens (including phenoxy) is 1. The monoisotopic (exact) mass is 235 g/mol. The van der Waals surface area contributed by atoms with Gasteiger partial charge in [0.15, 0.2) is 0 Å². The molecule has 0 atom stereocenters. The molecule has 0 spiro atoms.